The number of nitrogens with zero attached hydrogens (tertiary/aromatic N) is 3. The molecule has 4 heterocycles. The predicted octanol–water partition coefficient (Wildman–Crippen LogP) is 4.19. The van der Waals surface area contributed by atoms with E-state index in [9.17, 15) is 0 Å². The molecule has 4 aromatic rings. The molecule has 3 aromatic heterocycles. The number of rotatable bonds is 5. The van der Waals surface area contributed by atoms with Gasteiger partial charge in [-0.2, -0.15) is 0 Å². The van der Waals surface area contributed by atoms with Gasteiger partial charge in [0, 0.05) is 36.6 Å². The Labute approximate surface area is 173 Å². The molecule has 30 heavy (non-hydrogen) atoms. The second kappa shape index (κ2) is 7.79. The van der Waals surface area contributed by atoms with Gasteiger partial charge in [0.15, 0.2) is 17.2 Å². The number of methoxy groups -OCH3 is 1. The van der Waals surface area contributed by atoms with Crippen molar-refractivity contribution in [1.29, 1.82) is 0 Å². The largest absolute Gasteiger partial charge is 0.497 e. The smallest absolute Gasteiger partial charge is 0.198 e. The highest BCUT2D eigenvalue weighted by molar-refractivity contribution is 5.89. The molecule has 0 saturated carbocycles. The molecule has 154 valence electrons. The van der Waals surface area contributed by atoms with E-state index in [4.69, 9.17) is 18.9 Å². The summed E-state index contributed by atoms with van der Waals surface area (Å²) in [6.45, 7) is 3.45. The molecule has 1 fully saturated rings. The SMILES string of the molecule is COc1cc(NC2CCOCC2)cc(-c2nc(-c3ccc(C)o3)nc3nc[nH]c23)c1. The maximum atomic E-state index is 5.74. The predicted molar refractivity (Wildman–Crippen MR) is 114 cm³/mol. The molecule has 0 spiro atoms. The van der Waals surface area contributed by atoms with Crippen LogP contribution in [0.2, 0.25) is 0 Å². The third-order valence-corrected chi connectivity index (χ3v) is 5.25. The zero-order valence-corrected chi connectivity index (χ0v) is 16.9. The number of hydrogen-bond donors (Lipinski definition) is 2. The van der Waals surface area contributed by atoms with Gasteiger partial charge in [-0.05, 0) is 44.0 Å². The Morgan fingerprint density at radius 1 is 1.13 bits per heavy atom. The average molecular weight is 405 g/mol. The topological polar surface area (TPSA) is 98.1 Å². The standard InChI is InChI=1S/C22H23N5O3/c1-13-3-4-18(30-13)21-26-19(20-22(27-21)24-12-23-20)14-9-16(11-17(10-14)28-2)25-15-5-7-29-8-6-15/h3-4,9-12,15,25H,5-8H2,1-2H3,(H,23,24,26,27). The van der Waals surface area contributed by atoms with E-state index >= 15 is 0 Å². The highest BCUT2D eigenvalue weighted by atomic mass is 16.5. The summed E-state index contributed by atoms with van der Waals surface area (Å²) < 4.78 is 16.8. The first kappa shape index (κ1) is 18.6. The van der Waals surface area contributed by atoms with Crippen molar-refractivity contribution in [2.24, 2.45) is 0 Å². The summed E-state index contributed by atoms with van der Waals surface area (Å²) in [7, 11) is 1.67. The van der Waals surface area contributed by atoms with E-state index in [1.165, 1.54) is 0 Å². The fraction of sp³-hybridized carbons (Fsp3) is 0.318. The first-order valence-corrected chi connectivity index (χ1v) is 10.0. The maximum absolute atomic E-state index is 5.74. The van der Waals surface area contributed by atoms with Gasteiger partial charge < -0.3 is 24.2 Å². The minimum atomic E-state index is 0.373. The summed E-state index contributed by atoms with van der Waals surface area (Å²) in [6, 6.07) is 10.2. The number of benzene rings is 1. The number of aryl methyl sites for hydroxylation is 1. The molecule has 2 N–H and O–H groups in total. The second-order valence-electron chi connectivity index (χ2n) is 7.39. The van der Waals surface area contributed by atoms with Crippen LogP contribution in [0.1, 0.15) is 18.6 Å². The zero-order valence-electron chi connectivity index (χ0n) is 16.9. The van der Waals surface area contributed by atoms with Crippen molar-refractivity contribution in [1.82, 2.24) is 19.9 Å². The van der Waals surface area contributed by atoms with Crippen LogP contribution in [-0.4, -0.2) is 46.3 Å². The minimum absolute atomic E-state index is 0.373. The van der Waals surface area contributed by atoms with Crippen LogP contribution in [0, 0.1) is 6.92 Å². The Hall–Kier alpha value is -3.39. The van der Waals surface area contributed by atoms with Crippen LogP contribution in [0.25, 0.3) is 34.0 Å². The van der Waals surface area contributed by atoms with E-state index < -0.39 is 0 Å². The van der Waals surface area contributed by atoms with E-state index in [2.05, 4.69) is 26.3 Å². The Balaban J connectivity index is 1.60. The van der Waals surface area contributed by atoms with E-state index in [0.717, 1.165) is 60.0 Å². The number of H-pyrrole nitrogens is 1. The van der Waals surface area contributed by atoms with E-state index in [0.29, 0.717) is 23.3 Å². The number of aromatic amines is 1. The van der Waals surface area contributed by atoms with Gasteiger partial charge in [-0.25, -0.2) is 15.0 Å². The Morgan fingerprint density at radius 2 is 2.00 bits per heavy atom. The Kier molecular flexibility index (Phi) is 4.84. The summed E-state index contributed by atoms with van der Waals surface area (Å²) in [5.41, 5.74) is 4.00. The zero-order chi connectivity index (χ0) is 20.5. The van der Waals surface area contributed by atoms with E-state index in [1.807, 2.05) is 31.2 Å². The third kappa shape index (κ3) is 3.61. The van der Waals surface area contributed by atoms with Crippen LogP contribution in [0.3, 0.4) is 0 Å². The van der Waals surface area contributed by atoms with E-state index in [-0.39, 0.29) is 0 Å². The summed E-state index contributed by atoms with van der Waals surface area (Å²) in [5.74, 6) is 2.67. The fourth-order valence-corrected chi connectivity index (χ4v) is 3.72. The van der Waals surface area contributed by atoms with Gasteiger partial charge in [-0.1, -0.05) is 0 Å². The van der Waals surface area contributed by atoms with Crippen molar-refractivity contribution >= 4 is 16.9 Å². The van der Waals surface area contributed by atoms with Crippen molar-refractivity contribution in [2.75, 3.05) is 25.6 Å². The number of fused-ring (bicyclic) bond motifs is 1. The van der Waals surface area contributed by atoms with Gasteiger partial charge in [0.05, 0.1) is 13.4 Å². The van der Waals surface area contributed by atoms with Crippen LogP contribution >= 0.6 is 0 Å². The van der Waals surface area contributed by atoms with E-state index in [1.54, 1.807) is 13.4 Å². The summed E-state index contributed by atoms with van der Waals surface area (Å²) >= 11 is 0. The number of imidazole rings is 1. The monoisotopic (exact) mass is 405 g/mol. The molecule has 0 aliphatic carbocycles. The summed E-state index contributed by atoms with van der Waals surface area (Å²) in [5, 5.41) is 3.61. The highest BCUT2D eigenvalue weighted by Gasteiger charge is 2.18. The average Bonchev–Trinajstić information content (AvgIpc) is 3.42. The lowest BCUT2D eigenvalue weighted by molar-refractivity contribution is 0.0904. The molecule has 0 bridgehead atoms. The van der Waals surface area contributed by atoms with Crippen molar-refractivity contribution in [2.45, 2.75) is 25.8 Å². The molecule has 0 unspecified atom stereocenters. The number of anilines is 1. The Bertz CT molecular complexity index is 1180. The molecule has 1 saturated heterocycles. The Morgan fingerprint density at radius 3 is 2.77 bits per heavy atom. The minimum Gasteiger partial charge on any atom is -0.497 e. The lowest BCUT2D eigenvalue weighted by atomic mass is 10.1. The number of ether oxygens (including phenoxy) is 2. The molecular formula is C22H23N5O3. The molecular weight excluding hydrogens is 382 g/mol. The van der Waals surface area contributed by atoms with Crippen LogP contribution < -0.4 is 10.1 Å². The van der Waals surface area contributed by atoms with Crippen molar-refractivity contribution in [3.05, 3.63) is 42.4 Å². The lowest BCUT2D eigenvalue weighted by Gasteiger charge is -2.24. The first-order valence-electron chi connectivity index (χ1n) is 10.0. The van der Waals surface area contributed by atoms with Crippen LogP contribution in [-0.2, 0) is 4.74 Å². The van der Waals surface area contributed by atoms with Gasteiger partial charge in [-0.3, -0.25) is 0 Å². The van der Waals surface area contributed by atoms with Crippen molar-refractivity contribution in [3.8, 4) is 28.6 Å². The molecule has 0 atom stereocenters. The third-order valence-electron chi connectivity index (χ3n) is 5.25. The highest BCUT2D eigenvalue weighted by Crippen LogP contribution is 2.33. The van der Waals surface area contributed by atoms with Crippen molar-refractivity contribution in [3.63, 3.8) is 0 Å². The first-order chi connectivity index (χ1) is 14.7. The fourth-order valence-electron chi connectivity index (χ4n) is 3.72. The molecule has 8 nitrogen and oxygen atoms in total. The van der Waals surface area contributed by atoms with Gasteiger partial charge in [-0.15, -0.1) is 0 Å². The van der Waals surface area contributed by atoms with Gasteiger partial charge in [0.2, 0.25) is 0 Å². The van der Waals surface area contributed by atoms with Gasteiger partial charge in [0.1, 0.15) is 22.7 Å². The normalized spacial score (nSPS) is 14.9. The van der Waals surface area contributed by atoms with Crippen LogP contribution in [0.4, 0.5) is 5.69 Å². The lowest BCUT2D eigenvalue weighted by Crippen LogP contribution is -2.27. The molecule has 1 aromatic carbocycles. The van der Waals surface area contributed by atoms with Gasteiger partial charge in [0.25, 0.3) is 0 Å². The molecule has 0 amide bonds. The molecule has 5 rings (SSSR count). The van der Waals surface area contributed by atoms with Crippen LogP contribution in [0.5, 0.6) is 5.75 Å². The molecule has 1 aliphatic heterocycles. The number of aromatic nitrogens is 4. The number of nitrogens with one attached hydrogen (secondary N) is 2. The summed E-state index contributed by atoms with van der Waals surface area (Å²) in [6.07, 6.45) is 3.58. The number of furan rings is 1. The second-order valence-corrected chi connectivity index (χ2v) is 7.39. The summed E-state index contributed by atoms with van der Waals surface area (Å²) in [4.78, 5) is 16.9. The molecule has 1 aliphatic rings. The quantitative estimate of drug-likeness (QED) is 0.514. The number of hydrogen-bond acceptors (Lipinski definition) is 7. The molecule has 8 heteroatoms. The maximum Gasteiger partial charge on any atom is 0.198 e. The van der Waals surface area contributed by atoms with Crippen LogP contribution in [0.15, 0.2) is 41.1 Å². The van der Waals surface area contributed by atoms with Gasteiger partial charge >= 0.3 is 0 Å². The van der Waals surface area contributed by atoms with Crippen molar-refractivity contribution < 1.29 is 13.9 Å². The molecule has 0 radical (unpaired) electrons.